The molecule has 0 aliphatic carbocycles. The van der Waals surface area contributed by atoms with Crippen molar-refractivity contribution in [3.63, 3.8) is 0 Å². The second-order valence-electron chi connectivity index (χ2n) is 3.90. The van der Waals surface area contributed by atoms with Crippen molar-refractivity contribution in [3.05, 3.63) is 0 Å². The zero-order chi connectivity index (χ0) is 14.8. The number of hydrogen-bond acceptors (Lipinski definition) is 8. The Morgan fingerprint density at radius 3 is 2.21 bits per heavy atom. The summed E-state index contributed by atoms with van der Waals surface area (Å²) in [6.45, 7) is 0.693. The van der Waals surface area contributed by atoms with Gasteiger partial charge in [-0.05, 0) is 6.42 Å². The van der Waals surface area contributed by atoms with E-state index in [1.165, 1.54) is 0 Å². The molecule has 112 valence electrons. The van der Waals surface area contributed by atoms with E-state index in [1.54, 1.807) is 7.11 Å². The van der Waals surface area contributed by atoms with Crippen LogP contribution in [0.25, 0.3) is 0 Å². The Labute approximate surface area is 110 Å². The summed E-state index contributed by atoms with van der Waals surface area (Å²) >= 11 is 0. The molecular weight excluding hydrogens is 260 g/mol. The number of rotatable bonds is 5. The number of carbonyl (C=O) groups excluding carboxylic acids is 2. The highest BCUT2D eigenvalue weighted by Gasteiger charge is 2.42. The van der Waals surface area contributed by atoms with Gasteiger partial charge in [0.15, 0.2) is 12.6 Å². The highest BCUT2D eigenvalue weighted by atomic mass is 16.6. The van der Waals surface area contributed by atoms with E-state index in [2.05, 4.69) is 9.47 Å². The Balaban J connectivity index is 0.000000399. The maximum Gasteiger partial charge on any atom is 0.184 e. The van der Waals surface area contributed by atoms with Crippen molar-refractivity contribution in [2.75, 3.05) is 13.7 Å². The second kappa shape index (κ2) is 9.96. The van der Waals surface area contributed by atoms with E-state index in [1.807, 2.05) is 0 Å². The van der Waals surface area contributed by atoms with E-state index in [0.717, 1.165) is 12.7 Å². The average molecular weight is 280 g/mol. The molecule has 8 heteroatoms. The first-order chi connectivity index (χ1) is 8.99. The largest absolute Gasteiger partial charge is 0.387 e. The zero-order valence-electron chi connectivity index (χ0n) is 10.6. The molecule has 1 saturated heterocycles. The first-order valence-corrected chi connectivity index (χ1v) is 5.75. The maximum atomic E-state index is 10.2. The maximum absolute atomic E-state index is 10.2. The van der Waals surface area contributed by atoms with E-state index in [-0.39, 0.29) is 6.29 Å². The van der Waals surface area contributed by atoms with Crippen molar-refractivity contribution in [1.29, 1.82) is 0 Å². The molecule has 0 spiro atoms. The molecule has 0 aromatic heterocycles. The van der Waals surface area contributed by atoms with Crippen molar-refractivity contribution in [2.24, 2.45) is 0 Å². The van der Waals surface area contributed by atoms with Crippen LogP contribution in [0.4, 0.5) is 0 Å². The fourth-order valence-electron chi connectivity index (χ4n) is 1.31. The SMILES string of the molecule is COCCCC=O.O=C[C@H]1O[C@H](O)[C@H](O)[C@@H](O)[C@@H]1O. The summed E-state index contributed by atoms with van der Waals surface area (Å²) in [4.78, 5) is 19.8. The van der Waals surface area contributed by atoms with Crippen LogP contribution in [0.1, 0.15) is 12.8 Å². The van der Waals surface area contributed by atoms with Crippen molar-refractivity contribution in [2.45, 2.75) is 43.5 Å². The van der Waals surface area contributed by atoms with Gasteiger partial charge in [0.2, 0.25) is 0 Å². The third-order valence-corrected chi connectivity index (χ3v) is 2.43. The minimum absolute atomic E-state index is 0.253. The number of unbranched alkanes of at least 4 members (excludes halogenated alkanes) is 1. The van der Waals surface area contributed by atoms with E-state index in [9.17, 15) is 9.59 Å². The average Bonchev–Trinajstić information content (AvgIpc) is 2.42. The van der Waals surface area contributed by atoms with Gasteiger partial charge < -0.3 is 39.5 Å². The Hall–Kier alpha value is -0.900. The Bertz CT molecular complexity index is 259. The molecule has 1 rings (SSSR count). The number of methoxy groups -OCH3 is 1. The summed E-state index contributed by atoms with van der Waals surface area (Å²) < 4.78 is 9.14. The number of aliphatic hydroxyl groups excluding tert-OH is 4. The molecule has 1 aliphatic rings. The van der Waals surface area contributed by atoms with Crippen molar-refractivity contribution in [3.8, 4) is 0 Å². The number of ether oxygens (including phenoxy) is 2. The Morgan fingerprint density at radius 2 is 1.74 bits per heavy atom. The number of aliphatic hydroxyl groups is 4. The topological polar surface area (TPSA) is 134 Å². The molecule has 8 nitrogen and oxygen atoms in total. The van der Waals surface area contributed by atoms with Gasteiger partial charge in [-0.15, -0.1) is 0 Å². The van der Waals surface area contributed by atoms with Crippen LogP contribution in [0.15, 0.2) is 0 Å². The zero-order valence-corrected chi connectivity index (χ0v) is 10.6. The van der Waals surface area contributed by atoms with Crippen LogP contribution in [-0.4, -0.2) is 77.4 Å². The van der Waals surface area contributed by atoms with Crippen LogP contribution in [0, 0.1) is 0 Å². The minimum atomic E-state index is -1.64. The lowest BCUT2D eigenvalue weighted by Gasteiger charge is -2.35. The fraction of sp³-hybridized carbons (Fsp3) is 0.818. The predicted molar refractivity (Wildman–Crippen MR) is 62.1 cm³/mol. The monoisotopic (exact) mass is 280 g/mol. The summed E-state index contributed by atoms with van der Waals surface area (Å²) in [6.07, 6.45) is -4.96. The standard InChI is InChI=1S/C6H10O6.C5H10O2/c7-1-2-3(8)4(9)5(10)6(11)12-2;1-7-5-3-2-4-6/h1-6,8-11H;4H,2-3,5H2,1H3/t2-,3-,4+,5-,6+;/m1./s1. The van der Waals surface area contributed by atoms with Crippen LogP contribution in [0.3, 0.4) is 0 Å². The van der Waals surface area contributed by atoms with Gasteiger partial charge in [0, 0.05) is 20.1 Å². The lowest BCUT2D eigenvalue weighted by molar-refractivity contribution is -0.272. The van der Waals surface area contributed by atoms with Gasteiger partial charge in [0.25, 0.3) is 0 Å². The molecule has 0 amide bonds. The van der Waals surface area contributed by atoms with Gasteiger partial charge in [-0.2, -0.15) is 0 Å². The molecule has 1 fully saturated rings. The molecule has 1 heterocycles. The first kappa shape index (κ1) is 18.1. The highest BCUT2D eigenvalue weighted by Crippen LogP contribution is 2.18. The molecule has 4 N–H and O–H groups in total. The second-order valence-corrected chi connectivity index (χ2v) is 3.90. The summed E-state index contributed by atoms with van der Waals surface area (Å²) in [6, 6.07) is 0. The molecule has 0 radical (unpaired) electrons. The normalized spacial score (nSPS) is 34.1. The van der Waals surface area contributed by atoms with Crippen LogP contribution < -0.4 is 0 Å². The lowest BCUT2D eigenvalue weighted by atomic mass is 10.00. The van der Waals surface area contributed by atoms with Crippen molar-refractivity contribution in [1.82, 2.24) is 0 Å². The van der Waals surface area contributed by atoms with Gasteiger partial charge >= 0.3 is 0 Å². The van der Waals surface area contributed by atoms with Crippen LogP contribution >= 0.6 is 0 Å². The molecule has 0 saturated carbocycles. The molecule has 5 atom stereocenters. The van der Waals surface area contributed by atoms with Crippen LogP contribution in [0.5, 0.6) is 0 Å². The predicted octanol–water partition coefficient (Wildman–Crippen LogP) is -2.40. The molecule has 0 bridgehead atoms. The van der Waals surface area contributed by atoms with Crippen LogP contribution in [-0.2, 0) is 19.1 Å². The summed E-state index contributed by atoms with van der Waals surface area (Å²) in [5.41, 5.74) is 0. The van der Waals surface area contributed by atoms with Crippen molar-refractivity contribution >= 4 is 12.6 Å². The molecule has 0 unspecified atom stereocenters. The lowest BCUT2D eigenvalue weighted by Crippen LogP contribution is -2.57. The summed E-state index contributed by atoms with van der Waals surface area (Å²) in [7, 11) is 1.63. The quantitative estimate of drug-likeness (QED) is 0.323. The summed E-state index contributed by atoms with van der Waals surface area (Å²) in [5, 5.41) is 35.9. The molecular formula is C11H20O8. The van der Waals surface area contributed by atoms with E-state index < -0.39 is 30.7 Å². The highest BCUT2D eigenvalue weighted by molar-refractivity contribution is 5.57. The number of aldehydes is 2. The van der Waals surface area contributed by atoms with E-state index >= 15 is 0 Å². The molecule has 0 aromatic rings. The van der Waals surface area contributed by atoms with Crippen LogP contribution in [0.2, 0.25) is 0 Å². The Morgan fingerprint density at radius 1 is 1.11 bits per heavy atom. The number of hydrogen-bond donors (Lipinski definition) is 4. The minimum Gasteiger partial charge on any atom is -0.387 e. The van der Waals surface area contributed by atoms with Gasteiger partial charge in [0.05, 0.1) is 0 Å². The van der Waals surface area contributed by atoms with Gasteiger partial charge in [-0.1, -0.05) is 0 Å². The Kier molecular flexibility index (Phi) is 9.48. The van der Waals surface area contributed by atoms with Gasteiger partial charge in [-0.25, -0.2) is 0 Å². The molecule has 19 heavy (non-hydrogen) atoms. The number of carbonyl (C=O) groups is 2. The van der Waals surface area contributed by atoms with E-state index in [0.29, 0.717) is 13.0 Å². The smallest absolute Gasteiger partial charge is 0.184 e. The summed E-state index contributed by atoms with van der Waals surface area (Å²) in [5.74, 6) is 0. The first-order valence-electron chi connectivity index (χ1n) is 5.75. The third-order valence-electron chi connectivity index (χ3n) is 2.43. The molecule has 0 aromatic carbocycles. The van der Waals surface area contributed by atoms with Gasteiger partial charge in [-0.3, -0.25) is 0 Å². The van der Waals surface area contributed by atoms with Crippen molar-refractivity contribution < 1.29 is 39.5 Å². The fourth-order valence-corrected chi connectivity index (χ4v) is 1.31. The van der Waals surface area contributed by atoms with Gasteiger partial charge in [0.1, 0.15) is 30.7 Å². The van der Waals surface area contributed by atoms with E-state index in [4.69, 9.17) is 20.4 Å². The molecule has 1 aliphatic heterocycles. The third kappa shape index (κ3) is 6.19.